The van der Waals surface area contributed by atoms with Gasteiger partial charge in [0.1, 0.15) is 6.04 Å². The molecule has 2 rings (SSSR count). The van der Waals surface area contributed by atoms with Crippen LogP contribution in [0.25, 0.3) is 0 Å². The van der Waals surface area contributed by atoms with Crippen LogP contribution in [0.1, 0.15) is 35.8 Å². The lowest BCUT2D eigenvalue weighted by Crippen LogP contribution is -2.23. The minimum Gasteiger partial charge on any atom is -0.462 e. The number of benzene rings is 1. The van der Waals surface area contributed by atoms with Crippen LogP contribution >= 0.6 is 0 Å². The average Bonchev–Trinajstić information content (AvgIpc) is 2.89. The summed E-state index contributed by atoms with van der Waals surface area (Å²) in [6.45, 7) is 3.77. The van der Waals surface area contributed by atoms with Crippen LogP contribution in [0, 0.1) is 0 Å². The van der Waals surface area contributed by atoms with Crippen LogP contribution in [0.5, 0.6) is 0 Å². The van der Waals surface area contributed by atoms with Gasteiger partial charge in [-0.1, -0.05) is 30.3 Å². The fourth-order valence-corrected chi connectivity index (χ4v) is 2.11. The van der Waals surface area contributed by atoms with Gasteiger partial charge in [-0.25, -0.2) is 4.79 Å². The Labute approximate surface area is 117 Å². The molecule has 1 N–H and O–H groups in total. The van der Waals surface area contributed by atoms with E-state index >= 15 is 0 Å². The molecule has 0 bridgehead atoms. The standard InChI is InChI=1S/C15H18N2O3/c1-3-20-15(19)13-9-16-17(10-13)14(11(2)18)12-7-5-4-6-8-12/h4-11,14,18H,3H2,1-2H3/t11?,14-/m0/s1. The number of rotatable bonds is 5. The summed E-state index contributed by atoms with van der Waals surface area (Å²) in [6.07, 6.45) is 2.42. The van der Waals surface area contributed by atoms with Gasteiger partial charge in [0.05, 0.1) is 24.5 Å². The number of ether oxygens (including phenoxy) is 1. The Balaban J connectivity index is 2.30. The van der Waals surface area contributed by atoms with E-state index in [9.17, 15) is 9.90 Å². The lowest BCUT2D eigenvalue weighted by molar-refractivity contribution is 0.0525. The normalized spacial score (nSPS) is 13.8. The Morgan fingerprint density at radius 3 is 2.70 bits per heavy atom. The lowest BCUT2D eigenvalue weighted by Gasteiger charge is -2.20. The topological polar surface area (TPSA) is 64.3 Å². The van der Waals surface area contributed by atoms with Gasteiger partial charge in [0.25, 0.3) is 0 Å². The highest BCUT2D eigenvalue weighted by Gasteiger charge is 2.21. The van der Waals surface area contributed by atoms with Crippen molar-refractivity contribution in [2.75, 3.05) is 6.61 Å². The van der Waals surface area contributed by atoms with Crippen molar-refractivity contribution in [2.45, 2.75) is 26.0 Å². The molecule has 106 valence electrons. The molecule has 0 saturated heterocycles. The van der Waals surface area contributed by atoms with E-state index in [0.29, 0.717) is 12.2 Å². The van der Waals surface area contributed by atoms with Crippen LogP contribution < -0.4 is 0 Å². The molecule has 0 fully saturated rings. The second-order valence-corrected chi connectivity index (χ2v) is 4.53. The zero-order valence-electron chi connectivity index (χ0n) is 11.6. The van der Waals surface area contributed by atoms with Gasteiger partial charge in [0, 0.05) is 6.20 Å². The molecule has 0 aliphatic carbocycles. The Morgan fingerprint density at radius 1 is 1.40 bits per heavy atom. The van der Waals surface area contributed by atoms with Gasteiger partial charge in [-0.2, -0.15) is 5.10 Å². The maximum Gasteiger partial charge on any atom is 0.341 e. The molecule has 0 saturated carbocycles. The number of esters is 1. The summed E-state index contributed by atoms with van der Waals surface area (Å²) in [5.74, 6) is -0.406. The molecule has 2 aromatic rings. The van der Waals surface area contributed by atoms with Crippen LogP contribution in [-0.4, -0.2) is 33.6 Å². The summed E-state index contributed by atoms with van der Waals surface area (Å²) in [7, 11) is 0. The van der Waals surface area contributed by atoms with Crippen LogP contribution in [-0.2, 0) is 4.74 Å². The molecule has 5 nitrogen and oxygen atoms in total. The second-order valence-electron chi connectivity index (χ2n) is 4.53. The number of aromatic nitrogens is 2. The van der Waals surface area contributed by atoms with Crippen molar-refractivity contribution in [2.24, 2.45) is 0 Å². The van der Waals surface area contributed by atoms with Crippen LogP contribution in [0.15, 0.2) is 42.7 Å². The highest BCUT2D eigenvalue weighted by atomic mass is 16.5. The first kappa shape index (κ1) is 14.3. The number of nitrogens with zero attached hydrogens (tertiary/aromatic N) is 2. The molecule has 1 aromatic heterocycles. The molecule has 1 aromatic carbocycles. The quantitative estimate of drug-likeness (QED) is 0.847. The first-order chi connectivity index (χ1) is 9.63. The zero-order valence-corrected chi connectivity index (χ0v) is 11.6. The third kappa shape index (κ3) is 3.05. The average molecular weight is 274 g/mol. The largest absolute Gasteiger partial charge is 0.462 e. The Bertz CT molecular complexity index is 564. The Hall–Kier alpha value is -2.14. The molecule has 0 aliphatic rings. The van der Waals surface area contributed by atoms with E-state index in [0.717, 1.165) is 5.56 Å². The predicted molar refractivity (Wildman–Crippen MR) is 74.4 cm³/mol. The fourth-order valence-electron chi connectivity index (χ4n) is 2.11. The van der Waals surface area contributed by atoms with Crippen molar-refractivity contribution in [3.8, 4) is 0 Å². The molecule has 0 spiro atoms. The van der Waals surface area contributed by atoms with Crippen molar-refractivity contribution >= 4 is 5.97 Å². The lowest BCUT2D eigenvalue weighted by atomic mass is 10.0. The number of hydrogen-bond acceptors (Lipinski definition) is 4. The zero-order chi connectivity index (χ0) is 14.5. The molecule has 20 heavy (non-hydrogen) atoms. The number of carbonyl (C=O) groups is 1. The predicted octanol–water partition coefficient (Wildman–Crippen LogP) is 2.03. The molecule has 1 heterocycles. The van der Waals surface area contributed by atoms with Crippen LogP contribution in [0.3, 0.4) is 0 Å². The third-order valence-corrected chi connectivity index (χ3v) is 3.00. The highest BCUT2D eigenvalue weighted by Crippen LogP contribution is 2.21. The number of hydrogen-bond donors (Lipinski definition) is 1. The third-order valence-electron chi connectivity index (χ3n) is 3.00. The molecular weight excluding hydrogens is 256 g/mol. The second kappa shape index (κ2) is 6.34. The molecule has 2 atom stereocenters. The van der Waals surface area contributed by atoms with Crippen LogP contribution in [0.2, 0.25) is 0 Å². The highest BCUT2D eigenvalue weighted by molar-refractivity contribution is 5.88. The maximum absolute atomic E-state index is 11.6. The van der Waals surface area contributed by atoms with Gasteiger partial charge in [0.15, 0.2) is 0 Å². The molecule has 0 radical (unpaired) electrons. The summed E-state index contributed by atoms with van der Waals surface area (Å²) < 4.78 is 6.52. The number of aliphatic hydroxyl groups excluding tert-OH is 1. The van der Waals surface area contributed by atoms with E-state index in [1.54, 1.807) is 24.7 Å². The first-order valence-corrected chi connectivity index (χ1v) is 6.57. The van der Waals surface area contributed by atoms with Gasteiger partial charge >= 0.3 is 5.97 Å². The van der Waals surface area contributed by atoms with Gasteiger partial charge in [-0.15, -0.1) is 0 Å². The van der Waals surface area contributed by atoms with E-state index in [-0.39, 0.29) is 6.04 Å². The van der Waals surface area contributed by atoms with Crippen molar-refractivity contribution < 1.29 is 14.6 Å². The van der Waals surface area contributed by atoms with E-state index in [2.05, 4.69) is 5.10 Å². The van der Waals surface area contributed by atoms with Gasteiger partial charge in [-0.05, 0) is 19.4 Å². The molecule has 0 amide bonds. The summed E-state index contributed by atoms with van der Waals surface area (Å²) in [5, 5.41) is 14.2. The van der Waals surface area contributed by atoms with E-state index in [1.165, 1.54) is 6.20 Å². The van der Waals surface area contributed by atoms with Gasteiger partial charge in [0.2, 0.25) is 0 Å². The maximum atomic E-state index is 11.6. The van der Waals surface area contributed by atoms with Crippen molar-refractivity contribution in [1.82, 2.24) is 9.78 Å². The summed E-state index contributed by atoms with van der Waals surface area (Å²) in [4.78, 5) is 11.6. The minimum absolute atomic E-state index is 0.322. The Kier molecular flexibility index (Phi) is 4.53. The number of aliphatic hydroxyl groups is 1. The SMILES string of the molecule is CCOC(=O)c1cnn([C@H](c2ccccc2)C(C)O)c1. The van der Waals surface area contributed by atoms with E-state index < -0.39 is 12.1 Å². The van der Waals surface area contributed by atoms with Crippen molar-refractivity contribution in [1.29, 1.82) is 0 Å². The minimum atomic E-state index is -0.632. The molecule has 5 heteroatoms. The number of carbonyl (C=O) groups excluding carboxylic acids is 1. The smallest absolute Gasteiger partial charge is 0.341 e. The monoisotopic (exact) mass is 274 g/mol. The van der Waals surface area contributed by atoms with Crippen molar-refractivity contribution in [3.63, 3.8) is 0 Å². The molecule has 0 aliphatic heterocycles. The van der Waals surface area contributed by atoms with E-state index in [1.807, 2.05) is 30.3 Å². The van der Waals surface area contributed by atoms with Crippen LogP contribution in [0.4, 0.5) is 0 Å². The van der Waals surface area contributed by atoms with Crippen molar-refractivity contribution in [3.05, 3.63) is 53.9 Å². The molecular formula is C15H18N2O3. The first-order valence-electron chi connectivity index (χ1n) is 6.57. The fraction of sp³-hybridized carbons (Fsp3) is 0.333. The summed E-state index contributed by atoms with van der Waals surface area (Å²) >= 11 is 0. The van der Waals surface area contributed by atoms with Gasteiger partial charge < -0.3 is 9.84 Å². The summed E-state index contributed by atoms with van der Waals surface area (Å²) in [5.41, 5.74) is 1.31. The Morgan fingerprint density at radius 2 is 2.10 bits per heavy atom. The van der Waals surface area contributed by atoms with E-state index in [4.69, 9.17) is 4.74 Å². The van der Waals surface area contributed by atoms with Gasteiger partial charge in [-0.3, -0.25) is 4.68 Å². The summed E-state index contributed by atoms with van der Waals surface area (Å²) in [6, 6.07) is 9.22. The molecule has 1 unspecified atom stereocenters.